The van der Waals surface area contributed by atoms with Crippen LogP contribution in [0, 0.1) is 0 Å². The van der Waals surface area contributed by atoms with E-state index in [1.807, 2.05) is 79.2 Å². The van der Waals surface area contributed by atoms with Gasteiger partial charge >= 0.3 is 0 Å². The summed E-state index contributed by atoms with van der Waals surface area (Å²) < 4.78 is 0. The molecule has 0 spiro atoms. The molecule has 26 heavy (non-hydrogen) atoms. The summed E-state index contributed by atoms with van der Waals surface area (Å²) in [6, 6.07) is 21.4. The highest BCUT2D eigenvalue weighted by molar-refractivity contribution is 7.14. The lowest BCUT2D eigenvalue weighted by molar-refractivity contribution is 0.102. The zero-order chi connectivity index (χ0) is 17.9. The lowest BCUT2D eigenvalue weighted by atomic mass is 10.0. The van der Waals surface area contributed by atoms with Crippen LogP contribution < -0.4 is 10.6 Å². The van der Waals surface area contributed by atoms with Gasteiger partial charge in [-0.05, 0) is 29.0 Å². The first-order valence-electron chi connectivity index (χ1n) is 8.27. The number of fused-ring (bicyclic) bond motifs is 1. The van der Waals surface area contributed by atoms with Gasteiger partial charge in [0.05, 0.1) is 5.69 Å². The fourth-order valence-electron chi connectivity index (χ4n) is 2.90. The number of benzene rings is 3. The van der Waals surface area contributed by atoms with E-state index in [1.165, 1.54) is 0 Å². The molecule has 0 aliphatic heterocycles. The van der Waals surface area contributed by atoms with Gasteiger partial charge in [-0.2, -0.15) is 0 Å². The van der Waals surface area contributed by atoms with Crippen molar-refractivity contribution in [2.45, 2.75) is 0 Å². The molecule has 1 heterocycles. The van der Waals surface area contributed by atoms with Crippen LogP contribution >= 0.6 is 11.3 Å². The first-order chi connectivity index (χ1) is 12.7. The average molecular weight is 359 g/mol. The van der Waals surface area contributed by atoms with Crippen molar-refractivity contribution in [3.63, 3.8) is 0 Å². The first-order valence-corrected chi connectivity index (χ1v) is 9.15. The third-order valence-electron chi connectivity index (χ3n) is 4.17. The second kappa shape index (κ2) is 6.98. The molecule has 0 aliphatic carbocycles. The van der Waals surface area contributed by atoms with E-state index in [-0.39, 0.29) is 5.91 Å². The number of rotatable bonds is 4. The van der Waals surface area contributed by atoms with Crippen LogP contribution in [0.3, 0.4) is 0 Å². The molecule has 3 aromatic carbocycles. The Morgan fingerprint density at radius 3 is 2.65 bits per heavy atom. The number of aromatic nitrogens is 1. The Morgan fingerprint density at radius 2 is 1.81 bits per heavy atom. The summed E-state index contributed by atoms with van der Waals surface area (Å²) in [5.41, 5.74) is 3.28. The maximum Gasteiger partial charge on any atom is 0.256 e. The van der Waals surface area contributed by atoms with Crippen molar-refractivity contribution in [2.24, 2.45) is 0 Å². The van der Waals surface area contributed by atoms with E-state index >= 15 is 0 Å². The second-order valence-electron chi connectivity index (χ2n) is 5.85. The van der Waals surface area contributed by atoms with Crippen molar-refractivity contribution < 1.29 is 4.79 Å². The van der Waals surface area contributed by atoms with Crippen LogP contribution in [0.2, 0.25) is 0 Å². The summed E-state index contributed by atoms with van der Waals surface area (Å²) in [6.45, 7) is 0. The van der Waals surface area contributed by atoms with E-state index in [0.29, 0.717) is 5.56 Å². The summed E-state index contributed by atoms with van der Waals surface area (Å²) in [7, 11) is 1.85. The van der Waals surface area contributed by atoms with Crippen molar-refractivity contribution in [3.8, 4) is 11.3 Å². The molecule has 0 unspecified atom stereocenters. The van der Waals surface area contributed by atoms with Gasteiger partial charge < -0.3 is 10.6 Å². The number of anilines is 2. The van der Waals surface area contributed by atoms with Crippen LogP contribution in [0.15, 0.2) is 72.1 Å². The molecule has 4 nitrogen and oxygen atoms in total. The number of amides is 1. The minimum atomic E-state index is -0.117. The third kappa shape index (κ3) is 3.17. The zero-order valence-electron chi connectivity index (χ0n) is 14.2. The number of hydrogen-bond donors (Lipinski definition) is 2. The largest absolute Gasteiger partial charge is 0.365 e. The van der Waals surface area contributed by atoms with Gasteiger partial charge in [-0.3, -0.25) is 4.79 Å². The van der Waals surface area contributed by atoms with Gasteiger partial charge in [0, 0.05) is 29.2 Å². The SMILES string of the molecule is CNc1nc(-c2cccc(NC(=O)c3cccc4ccccc34)c2)cs1. The van der Waals surface area contributed by atoms with Crippen LogP contribution in [-0.4, -0.2) is 17.9 Å². The first kappa shape index (κ1) is 16.3. The van der Waals surface area contributed by atoms with E-state index in [9.17, 15) is 4.79 Å². The molecule has 4 aromatic rings. The molecule has 1 aromatic heterocycles. The molecule has 2 N–H and O–H groups in total. The van der Waals surface area contributed by atoms with Gasteiger partial charge in [-0.25, -0.2) is 4.98 Å². The Labute approximate surface area is 155 Å². The zero-order valence-corrected chi connectivity index (χ0v) is 15.0. The molecule has 0 fully saturated rings. The molecule has 0 aliphatic rings. The number of nitrogens with one attached hydrogen (secondary N) is 2. The topological polar surface area (TPSA) is 54.0 Å². The van der Waals surface area contributed by atoms with Crippen molar-refractivity contribution in [1.29, 1.82) is 0 Å². The summed E-state index contributed by atoms with van der Waals surface area (Å²) in [4.78, 5) is 17.3. The fourth-order valence-corrected chi connectivity index (χ4v) is 3.58. The highest BCUT2D eigenvalue weighted by atomic mass is 32.1. The third-order valence-corrected chi connectivity index (χ3v) is 5.03. The fraction of sp³-hybridized carbons (Fsp3) is 0.0476. The van der Waals surface area contributed by atoms with Crippen LogP contribution in [-0.2, 0) is 0 Å². The monoisotopic (exact) mass is 359 g/mol. The van der Waals surface area contributed by atoms with E-state index in [4.69, 9.17) is 0 Å². The van der Waals surface area contributed by atoms with E-state index in [2.05, 4.69) is 15.6 Å². The molecule has 0 atom stereocenters. The number of nitrogens with zero attached hydrogens (tertiary/aromatic N) is 1. The minimum Gasteiger partial charge on any atom is -0.365 e. The molecule has 5 heteroatoms. The van der Waals surface area contributed by atoms with E-state index in [0.717, 1.165) is 32.8 Å². The molecule has 0 bridgehead atoms. The molecule has 0 radical (unpaired) electrons. The number of thiazole rings is 1. The average Bonchev–Trinajstić information content (AvgIpc) is 3.17. The Morgan fingerprint density at radius 1 is 1.00 bits per heavy atom. The standard InChI is InChI=1S/C21H17N3OS/c1-22-21-24-19(13-26-21)15-8-4-9-16(12-15)23-20(25)18-11-5-7-14-6-2-3-10-17(14)18/h2-13H,1H3,(H,22,24)(H,23,25). The van der Waals surface area contributed by atoms with Crippen molar-refractivity contribution >= 4 is 38.8 Å². The van der Waals surface area contributed by atoms with Crippen molar-refractivity contribution in [3.05, 3.63) is 77.7 Å². The molecular formula is C21H17N3OS. The Balaban J connectivity index is 1.62. The van der Waals surface area contributed by atoms with Crippen molar-refractivity contribution in [1.82, 2.24) is 4.98 Å². The number of carbonyl (C=O) groups excluding carboxylic acids is 1. The smallest absolute Gasteiger partial charge is 0.256 e. The van der Waals surface area contributed by atoms with Gasteiger partial charge in [0.25, 0.3) is 5.91 Å². The van der Waals surface area contributed by atoms with Gasteiger partial charge in [0.15, 0.2) is 5.13 Å². The lowest BCUT2D eigenvalue weighted by Crippen LogP contribution is -2.12. The number of hydrogen-bond acceptors (Lipinski definition) is 4. The van der Waals surface area contributed by atoms with Gasteiger partial charge in [0.2, 0.25) is 0 Å². The van der Waals surface area contributed by atoms with Crippen LogP contribution in [0.25, 0.3) is 22.0 Å². The highest BCUT2D eigenvalue weighted by Crippen LogP contribution is 2.27. The van der Waals surface area contributed by atoms with Gasteiger partial charge in [-0.1, -0.05) is 48.5 Å². The Kier molecular flexibility index (Phi) is 4.37. The Hall–Kier alpha value is -3.18. The molecule has 0 saturated heterocycles. The van der Waals surface area contributed by atoms with Crippen LogP contribution in [0.4, 0.5) is 10.8 Å². The highest BCUT2D eigenvalue weighted by Gasteiger charge is 2.11. The lowest BCUT2D eigenvalue weighted by Gasteiger charge is -2.09. The molecule has 0 saturated carbocycles. The quantitative estimate of drug-likeness (QED) is 0.523. The number of carbonyl (C=O) groups is 1. The van der Waals surface area contributed by atoms with Crippen LogP contribution in [0.1, 0.15) is 10.4 Å². The molecule has 4 rings (SSSR count). The molecule has 1 amide bonds. The maximum absolute atomic E-state index is 12.8. The Bertz CT molecular complexity index is 1080. The van der Waals surface area contributed by atoms with E-state index < -0.39 is 0 Å². The van der Waals surface area contributed by atoms with E-state index in [1.54, 1.807) is 11.3 Å². The molecular weight excluding hydrogens is 342 g/mol. The predicted octanol–water partition coefficient (Wildman–Crippen LogP) is 5.26. The van der Waals surface area contributed by atoms with Gasteiger partial charge in [-0.15, -0.1) is 11.3 Å². The molecule has 128 valence electrons. The normalized spacial score (nSPS) is 10.7. The summed E-state index contributed by atoms with van der Waals surface area (Å²) in [5, 5.41) is 10.9. The summed E-state index contributed by atoms with van der Waals surface area (Å²) >= 11 is 1.55. The second-order valence-corrected chi connectivity index (χ2v) is 6.71. The maximum atomic E-state index is 12.8. The summed E-state index contributed by atoms with van der Waals surface area (Å²) in [6.07, 6.45) is 0. The van der Waals surface area contributed by atoms with Crippen molar-refractivity contribution in [2.75, 3.05) is 17.7 Å². The van der Waals surface area contributed by atoms with Crippen LogP contribution in [0.5, 0.6) is 0 Å². The predicted molar refractivity (Wildman–Crippen MR) is 109 cm³/mol. The minimum absolute atomic E-state index is 0.117. The summed E-state index contributed by atoms with van der Waals surface area (Å²) in [5.74, 6) is -0.117. The van der Waals surface area contributed by atoms with Gasteiger partial charge in [0.1, 0.15) is 0 Å².